The van der Waals surface area contributed by atoms with Gasteiger partial charge in [0, 0.05) is 10.8 Å². The lowest BCUT2D eigenvalue weighted by atomic mass is 9.86. The van der Waals surface area contributed by atoms with Gasteiger partial charge in [0.1, 0.15) is 11.2 Å². The number of benzene rings is 8. The summed E-state index contributed by atoms with van der Waals surface area (Å²) in [4.78, 5) is 0. The van der Waals surface area contributed by atoms with Crippen LogP contribution in [0.1, 0.15) is 29.0 Å². The molecule has 1 atom stereocenters. The molecule has 9 aromatic rings. The Balaban J connectivity index is 0.937. The molecule has 0 N–H and O–H groups in total. The molecule has 234 valence electrons. The van der Waals surface area contributed by atoms with E-state index in [1.165, 1.54) is 71.3 Å². The molecular weight excluding hydrogens is 593 g/mol. The lowest BCUT2D eigenvalue weighted by Gasteiger charge is -2.18. The Morgan fingerprint density at radius 3 is 1.73 bits per heavy atom. The number of hydrogen-bond acceptors (Lipinski definition) is 1. The number of para-hydroxylation sites is 1. The topological polar surface area (TPSA) is 13.1 Å². The average molecular weight is 629 g/mol. The Hall–Kier alpha value is -5.92. The first-order valence-electron chi connectivity index (χ1n) is 17.3. The molecule has 0 saturated carbocycles. The highest BCUT2D eigenvalue weighted by Gasteiger charge is 2.15. The second kappa shape index (κ2) is 12.6. The zero-order chi connectivity index (χ0) is 32.6. The Morgan fingerprint density at radius 2 is 0.959 bits per heavy atom. The maximum atomic E-state index is 6.22. The summed E-state index contributed by atoms with van der Waals surface area (Å²) in [5, 5.41) is 7.44. The molecule has 1 unspecified atom stereocenters. The predicted octanol–water partition coefficient (Wildman–Crippen LogP) is 13.2. The maximum absolute atomic E-state index is 6.22. The molecule has 0 spiro atoms. The second-order valence-corrected chi connectivity index (χ2v) is 13.3. The standard InChI is InChI=1S/C48H36O/c1-2-8-35(9-3-1)40(28-34-17-27-46-45-12-6-7-13-47(45)49-48(46)29-34)20-16-33-14-18-37(19-15-33)41-24-22-38-23-26-43(32-44(38)31-41)42-25-21-36-10-4-5-11-39(36)30-42/h1-15,17-19,21-27,29-32,40H,16,20,28H2. The summed E-state index contributed by atoms with van der Waals surface area (Å²) >= 11 is 0. The van der Waals surface area contributed by atoms with Gasteiger partial charge in [-0.25, -0.2) is 0 Å². The minimum Gasteiger partial charge on any atom is -0.456 e. The van der Waals surface area contributed by atoms with Crippen LogP contribution in [0.3, 0.4) is 0 Å². The fourth-order valence-electron chi connectivity index (χ4n) is 7.47. The first kappa shape index (κ1) is 29.2. The van der Waals surface area contributed by atoms with Gasteiger partial charge >= 0.3 is 0 Å². The normalized spacial score (nSPS) is 12.2. The lowest BCUT2D eigenvalue weighted by molar-refractivity contribution is 0.619. The third kappa shape index (κ3) is 5.90. The largest absolute Gasteiger partial charge is 0.456 e. The summed E-state index contributed by atoms with van der Waals surface area (Å²) in [6.07, 6.45) is 3.09. The number of rotatable bonds is 8. The van der Waals surface area contributed by atoms with Crippen molar-refractivity contribution in [3.8, 4) is 22.3 Å². The van der Waals surface area contributed by atoms with Crippen molar-refractivity contribution in [2.75, 3.05) is 0 Å². The highest BCUT2D eigenvalue weighted by molar-refractivity contribution is 6.05. The average Bonchev–Trinajstić information content (AvgIpc) is 3.54. The Morgan fingerprint density at radius 1 is 0.388 bits per heavy atom. The van der Waals surface area contributed by atoms with Crippen LogP contribution in [0.15, 0.2) is 180 Å². The molecule has 0 aliphatic carbocycles. The number of fused-ring (bicyclic) bond motifs is 5. The lowest BCUT2D eigenvalue weighted by Crippen LogP contribution is -2.05. The predicted molar refractivity (Wildman–Crippen MR) is 207 cm³/mol. The summed E-state index contributed by atoms with van der Waals surface area (Å²) < 4.78 is 6.22. The molecule has 8 aromatic carbocycles. The van der Waals surface area contributed by atoms with E-state index in [-0.39, 0.29) is 0 Å². The van der Waals surface area contributed by atoms with Crippen LogP contribution in [-0.2, 0) is 12.8 Å². The SMILES string of the molecule is c1ccc(C(CCc2ccc(-c3ccc4ccc(-c5ccc6ccccc6c5)cc4c3)cc2)Cc2ccc3c(c2)oc2ccccc23)cc1. The molecule has 1 heteroatoms. The summed E-state index contributed by atoms with van der Waals surface area (Å²) in [7, 11) is 0. The van der Waals surface area contributed by atoms with E-state index in [2.05, 4.69) is 170 Å². The van der Waals surface area contributed by atoms with Crippen molar-refractivity contribution in [2.45, 2.75) is 25.2 Å². The second-order valence-electron chi connectivity index (χ2n) is 13.3. The molecule has 0 radical (unpaired) electrons. The van der Waals surface area contributed by atoms with Crippen LogP contribution in [0.4, 0.5) is 0 Å². The van der Waals surface area contributed by atoms with Crippen molar-refractivity contribution in [2.24, 2.45) is 0 Å². The van der Waals surface area contributed by atoms with E-state index in [1.54, 1.807) is 0 Å². The van der Waals surface area contributed by atoms with Gasteiger partial charge in [0.15, 0.2) is 0 Å². The monoisotopic (exact) mass is 628 g/mol. The van der Waals surface area contributed by atoms with Gasteiger partial charge in [0.25, 0.3) is 0 Å². The van der Waals surface area contributed by atoms with Crippen LogP contribution in [0.5, 0.6) is 0 Å². The van der Waals surface area contributed by atoms with Crippen LogP contribution in [0.2, 0.25) is 0 Å². The van der Waals surface area contributed by atoms with Gasteiger partial charge in [0.2, 0.25) is 0 Å². The fourth-order valence-corrected chi connectivity index (χ4v) is 7.47. The van der Waals surface area contributed by atoms with Gasteiger partial charge in [-0.1, -0.05) is 146 Å². The molecule has 1 heterocycles. The van der Waals surface area contributed by atoms with Crippen molar-refractivity contribution in [1.82, 2.24) is 0 Å². The smallest absolute Gasteiger partial charge is 0.135 e. The Kier molecular flexibility index (Phi) is 7.52. The summed E-state index contributed by atoms with van der Waals surface area (Å²) in [5.41, 5.74) is 11.0. The van der Waals surface area contributed by atoms with Crippen molar-refractivity contribution in [3.63, 3.8) is 0 Å². The molecule has 0 bridgehead atoms. The van der Waals surface area contributed by atoms with Crippen LogP contribution >= 0.6 is 0 Å². The molecule has 0 amide bonds. The number of furan rings is 1. The highest BCUT2D eigenvalue weighted by atomic mass is 16.3. The summed E-state index contributed by atoms with van der Waals surface area (Å²) in [5.74, 6) is 0.417. The first-order chi connectivity index (χ1) is 24.2. The van der Waals surface area contributed by atoms with E-state index < -0.39 is 0 Å². The van der Waals surface area contributed by atoms with Gasteiger partial charge in [-0.15, -0.1) is 0 Å². The van der Waals surface area contributed by atoms with E-state index in [0.717, 1.165) is 30.4 Å². The van der Waals surface area contributed by atoms with E-state index in [1.807, 2.05) is 6.07 Å². The van der Waals surface area contributed by atoms with E-state index in [4.69, 9.17) is 4.42 Å². The molecule has 0 aliphatic rings. The molecule has 49 heavy (non-hydrogen) atoms. The van der Waals surface area contributed by atoms with Crippen molar-refractivity contribution < 1.29 is 4.42 Å². The number of aryl methyl sites for hydroxylation is 1. The van der Waals surface area contributed by atoms with Crippen LogP contribution in [0, 0.1) is 0 Å². The zero-order valence-electron chi connectivity index (χ0n) is 27.4. The number of hydrogen-bond donors (Lipinski definition) is 0. The van der Waals surface area contributed by atoms with E-state index in [9.17, 15) is 0 Å². The summed E-state index contributed by atoms with van der Waals surface area (Å²) in [6.45, 7) is 0. The van der Waals surface area contributed by atoms with Crippen LogP contribution in [0.25, 0.3) is 65.7 Å². The Labute approximate surface area is 287 Å². The third-order valence-electron chi connectivity index (χ3n) is 10.2. The molecular formula is C48H36O. The molecule has 0 aliphatic heterocycles. The minimum atomic E-state index is 0.417. The highest BCUT2D eigenvalue weighted by Crippen LogP contribution is 2.33. The van der Waals surface area contributed by atoms with Crippen molar-refractivity contribution in [3.05, 3.63) is 193 Å². The quantitative estimate of drug-likeness (QED) is 0.163. The van der Waals surface area contributed by atoms with Crippen molar-refractivity contribution >= 4 is 43.5 Å². The van der Waals surface area contributed by atoms with Crippen molar-refractivity contribution in [1.29, 1.82) is 0 Å². The Bertz CT molecular complexity index is 2570. The summed E-state index contributed by atoms with van der Waals surface area (Å²) in [6, 6.07) is 64.2. The molecule has 9 rings (SSSR count). The molecule has 0 fully saturated rings. The van der Waals surface area contributed by atoms with Gasteiger partial charge in [0.05, 0.1) is 0 Å². The first-order valence-corrected chi connectivity index (χ1v) is 17.3. The van der Waals surface area contributed by atoms with Gasteiger partial charge in [-0.3, -0.25) is 0 Å². The molecule has 1 nitrogen and oxygen atoms in total. The molecule has 0 saturated heterocycles. The van der Waals surface area contributed by atoms with Gasteiger partial charge in [-0.2, -0.15) is 0 Å². The van der Waals surface area contributed by atoms with Gasteiger partial charge in [-0.05, 0) is 116 Å². The maximum Gasteiger partial charge on any atom is 0.135 e. The third-order valence-corrected chi connectivity index (χ3v) is 10.2. The fraction of sp³-hybridized carbons (Fsp3) is 0.0833. The van der Waals surface area contributed by atoms with Gasteiger partial charge < -0.3 is 4.42 Å². The van der Waals surface area contributed by atoms with Crippen LogP contribution < -0.4 is 0 Å². The van der Waals surface area contributed by atoms with E-state index in [0.29, 0.717) is 5.92 Å². The minimum absolute atomic E-state index is 0.417. The zero-order valence-corrected chi connectivity index (χ0v) is 27.4. The van der Waals surface area contributed by atoms with E-state index >= 15 is 0 Å². The molecule has 1 aromatic heterocycles. The van der Waals surface area contributed by atoms with Crippen LogP contribution in [-0.4, -0.2) is 0 Å².